The van der Waals surface area contributed by atoms with Gasteiger partial charge in [0.05, 0.1) is 6.04 Å². The third-order valence-corrected chi connectivity index (χ3v) is 4.11. The zero-order chi connectivity index (χ0) is 15.5. The predicted octanol–water partition coefficient (Wildman–Crippen LogP) is 1.36. The number of carbonyl (C=O) groups excluding carboxylic acids is 2. The Hall–Kier alpha value is -2.63. The first-order valence-corrected chi connectivity index (χ1v) is 7.24. The zero-order valence-electron chi connectivity index (χ0n) is 12.3. The summed E-state index contributed by atoms with van der Waals surface area (Å²) in [4.78, 5) is 32.7. The SMILES string of the molecule is CN1C(=O)C[C@@H](CNC(=O)c2ccc[nH]2)[C@@H]1c1ccncc1. The van der Waals surface area contributed by atoms with Gasteiger partial charge in [-0.1, -0.05) is 0 Å². The van der Waals surface area contributed by atoms with E-state index in [9.17, 15) is 9.59 Å². The summed E-state index contributed by atoms with van der Waals surface area (Å²) < 4.78 is 0. The topological polar surface area (TPSA) is 78.1 Å². The molecule has 6 nitrogen and oxygen atoms in total. The molecule has 6 heteroatoms. The maximum Gasteiger partial charge on any atom is 0.267 e. The van der Waals surface area contributed by atoms with E-state index in [2.05, 4.69) is 15.3 Å². The Kier molecular flexibility index (Phi) is 3.91. The molecule has 2 aromatic heterocycles. The van der Waals surface area contributed by atoms with E-state index in [0.717, 1.165) is 5.56 Å². The fourth-order valence-electron chi connectivity index (χ4n) is 2.98. The highest BCUT2D eigenvalue weighted by molar-refractivity contribution is 5.92. The van der Waals surface area contributed by atoms with Gasteiger partial charge in [-0.3, -0.25) is 14.6 Å². The third-order valence-electron chi connectivity index (χ3n) is 4.11. The molecule has 0 aliphatic carbocycles. The molecule has 1 aliphatic heterocycles. The smallest absolute Gasteiger partial charge is 0.267 e. The van der Waals surface area contributed by atoms with Gasteiger partial charge in [0, 0.05) is 44.5 Å². The molecule has 0 saturated carbocycles. The Labute approximate surface area is 128 Å². The first kappa shape index (κ1) is 14.3. The molecule has 2 atom stereocenters. The van der Waals surface area contributed by atoms with Crippen LogP contribution in [-0.2, 0) is 4.79 Å². The molecule has 0 unspecified atom stereocenters. The Bertz CT molecular complexity index is 654. The molecular formula is C16H18N4O2. The molecule has 0 bridgehead atoms. The molecule has 0 aromatic carbocycles. The molecule has 0 spiro atoms. The van der Waals surface area contributed by atoms with Gasteiger partial charge < -0.3 is 15.2 Å². The number of aromatic amines is 1. The number of hydrogen-bond donors (Lipinski definition) is 2. The number of carbonyl (C=O) groups is 2. The van der Waals surface area contributed by atoms with Crippen molar-refractivity contribution in [2.24, 2.45) is 5.92 Å². The minimum atomic E-state index is -0.152. The summed E-state index contributed by atoms with van der Waals surface area (Å²) in [5, 5.41) is 2.90. The van der Waals surface area contributed by atoms with E-state index < -0.39 is 0 Å². The average Bonchev–Trinajstić information content (AvgIpc) is 3.15. The van der Waals surface area contributed by atoms with E-state index in [1.165, 1.54) is 0 Å². The third kappa shape index (κ3) is 2.72. The normalized spacial score (nSPS) is 21.1. The van der Waals surface area contributed by atoms with Gasteiger partial charge in [0.2, 0.25) is 5.91 Å². The van der Waals surface area contributed by atoms with E-state index in [1.807, 2.05) is 12.1 Å². The van der Waals surface area contributed by atoms with Crippen molar-refractivity contribution in [1.29, 1.82) is 0 Å². The Morgan fingerprint density at radius 2 is 2.18 bits per heavy atom. The van der Waals surface area contributed by atoms with Crippen molar-refractivity contribution < 1.29 is 9.59 Å². The van der Waals surface area contributed by atoms with Gasteiger partial charge in [-0.15, -0.1) is 0 Å². The number of amides is 2. The first-order chi connectivity index (χ1) is 10.7. The van der Waals surface area contributed by atoms with Crippen LogP contribution in [0.15, 0.2) is 42.9 Å². The molecule has 2 aromatic rings. The van der Waals surface area contributed by atoms with Crippen LogP contribution in [0.4, 0.5) is 0 Å². The second kappa shape index (κ2) is 6.01. The van der Waals surface area contributed by atoms with Crippen molar-refractivity contribution in [1.82, 2.24) is 20.2 Å². The molecule has 0 radical (unpaired) electrons. The number of pyridine rings is 1. The summed E-state index contributed by atoms with van der Waals surface area (Å²) in [6.07, 6.45) is 5.59. The number of H-pyrrole nitrogens is 1. The van der Waals surface area contributed by atoms with E-state index in [4.69, 9.17) is 0 Å². The van der Waals surface area contributed by atoms with E-state index in [1.54, 1.807) is 42.7 Å². The monoisotopic (exact) mass is 298 g/mol. The lowest BCUT2D eigenvalue weighted by molar-refractivity contribution is -0.127. The second-order valence-electron chi connectivity index (χ2n) is 5.49. The number of nitrogens with zero attached hydrogens (tertiary/aromatic N) is 2. The summed E-state index contributed by atoms with van der Waals surface area (Å²) in [6.45, 7) is 0.459. The largest absolute Gasteiger partial charge is 0.357 e. The van der Waals surface area contributed by atoms with Crippen LogP contribution in [-0.4, -0.2) is 40.3 Å². The van der Waals surface area contributed by atoms with Crippen LogP contribution < -0.4 is 5.32 Å². The average molecular weight is 298 g/mol. The summed E-state index contributed by atoms with van der Waals surface area (Å²) in [5.74, 6) is 0.000211. The number of aromatic nitrogens is 2. The molecule has 1 fully saturated rings. The molecule has 3 rings (SSSR count). The van der Waals surface area contributed by atoms with E-state index >= 15 is 0 Å². The van der Waals surface area contributed by atoms with Crippen molar-refractivity contribution >= 4 is 11.8 Å². The fourth-order valence-corrected chi connectivity index (χ4v) is 2.98. The second-order valence-corrected chi connectivity index (χ2v) is 5.49. The summed E-state index contributed by atoms with van der Waals surface area (Å²) in [5.41, 5.74) is 1.57. The van der Waals surface area contributed by atoms with Crippen LogP contribution in [0.2, 0.25) is 0 Å². The molecule has 22 heavy (non-hydrogen) atoms. The van der Waals surface area contributed by atoms with Crippen molar-refractivity contribution in [2.45, 2.75) is 12.5 Å². The maximum absolute atomic E-state index is 12.0. The molecule has 3 heterocycles. The van der Waals surface area contributed by atoms with Crippen molar-refractivity contribution in [3.8, 4) is 0 Å². The van der Waals surface area contributed by atoms with Gasteiger partial charge in [-0.05, 0) is 29.8 Å². The molecule has 2 amide bonds. The van der Waals surface area contributed by atoms with Crippen LogP contribution in [0.1, 0.15) is 28.5 Å². The lowest BCUT2D eigenvalue weighted by Crippen LogP contribution is -2.32. The van der Waals surface area contributed by atoms with Crippen molar-refractivity contribution in [2.75, 3.05) is 13.6 Å². The number of nitrogens with one attached hydrogen (secondary N) is 2. The quantitative estimate of drug-likeness (QED) is 0.894. The standard InChI is InChI=1S/C16H18N4O2/c1-20-14(21)9-12(15(20)11-4-7-17-8-5-11)10-19-16(22)13-3-2-6-18-13/h2-8,12,15,18H,9-10H2,1H3,(H,19,22)/t12-,15-/m0/s1. The Morgan fingerprint density at radius 3 is 2.86 bits per heavy atom. The molecule has 2 N–H and O–H groups in total. The predicted molar refractivity (Wildman–Crippen MR) is 81.0 cm³/mol. The molecule has 1 saturated heterocycles. The van der Waals surface area contributed by atoms with Gasteiger partial charge in [0.1, 0.15) is 5.69 Å². The van der Waals surface area contributed by atoms with Crippen LogP contribution in [0.25, 0.3) is 0 Å². The van der Waals surface area contributed by atoms with Gasteiger partial charge in [0.25, 0.3) is 5.91 Å². The highest BCUT2D eigenvalue weighted by Crippen LogP contribution is 2.36. The van der Waals surface area contributed by atoms with Crippen LogP contribution in [0.5, 0.6) is 0 Å². The van der Waals surface area contributed by atoms with Gasteiger partial charge >= 0.3 is 0 Å². The van der Waals surface area contributed by atoms with E-state index in [-0.39, 0.29) is 23.8 Å². The minimum absolute atomic E-state index is 0.0283. The van der Waals surface area contributed by atoms with Gasteiger partial charge in [0.15, 0.2) is 0 Å². The Morgan fingerprint density at radius 1 is 1.41 bits per heavy atom. The van der Waals surface area contributed by atoms with Crippen LogP contribution in [0.3, 0.4) is 0 Å². The van der Waals surface area contributed by atoms with E-state index in [0.29, 0.717) is 18.7 Å². The highest BCUT2D eigenvalue weighted by atomic mass is 16.2. The minimum Gasteiger partial charge on any atom is -0.357 e. The van der Waals surface area contributed by atoms with Crippen molar-refractivity contribution in [3.05, 3.63) is 54.1 Å². The number of rotatable bonds is 4. The molecule has 1 aliphatic rings. The Balaban J connectivity index is 1.71. The molecule has 114 valence electrons. The summed E-state index contributed by atoms with van der Waals surface area (Å²) in [7, 11) is 1.81. The number of likely N-dealkylation sites (tertiary alicyclic amines) is 1. The van der Waals surface area contributed by atoms with Crippen LogP contribution >= 0.6 is 0 Å². The first-order valence-electron chi connectivity index (χ1n) is 7.24. The highest BCUT2D eigenvalue weighted by Gasteiger charge is 2.38. The lowest BCUT2D eigenvalue weighted by atomic mass is 9.94. The summed E-state index contributed by atoms with van der Waals surface area (Å²) in [6, 6.07) is 7.31. The molecular weight excluding hydrogens is 280 g/mol. The van der Waals surface area contributed by atoms with Gasteiger partial charge in [-0.25, -0.2) is 0 Å². The van der Waals surface area contributed by atoms with Gasteiger partial charge in [-0.2, -0.15) is 0 Å². The summed E-state index contributed by atoms with van der Waals surface area (Å²) >= 11 is 0. The zero-order valence-corrected chi connectivity index (χ0v) is 12.3. The van der Waals surface area contributed by atoms with Crippen LogP contribution in [0, 0.1) is 5.92 Å². The lowest BCUT2D eigenvalue weighted by Gasteiger charge is -2.25. The fraction of sp³-hybridized carbons (Fsp3) is 0.312. The maximum atomic E-state index is 12.0. The van der Waals surface area contributed by atoms with Crippen molar-refractivity contribution in [3.63, 3.8) is 0 Å². The number of hydrogen-bond acceptors (Lipinski definition) is 3.